The molecule has 0 unspecified atom stereocenters. The summed E-state index contributed by atoms with van der Waals surface area (Å²) in [5.41, 5.74) is 3.15. The van der Waals surface area contributed by atoms with Gasteiger partial charge in [-0.2, -0.15) is 13.7 Å². The van der Waals surface area contributed by atoms with Gasteiger partial charge >= 0.3 is 6.09 Å². The van der Waals surface area contributed by atoms with Crippen LogP contribution in [0.1, 0.15) is 12.6 Å². The van der Waals surface area contributed by atoms with Crippen LogP contribution < -0.4 is 15.0 Å². The van der Waals surface area contributed by atoms with Crippen molar-refractivity contribution in [3.63, 3.8) is 0 Å². The second kappa shape index (κ2) is 9.85. The molecule has 4 rings (SSSR count). The number of nitriles is 1. The minimum absolute atomic E-state index is 0.175. The van der Waals surface area contributed by atoms with Crippen molar-refractivity contribution < 1.29 is 32.0 Å². The molecule has 2 aliphatic heterocycles. The van der Waals surface area contributed by atoms with Crippen molar-refractivity contribution in [2.45, 2.75) is 25.5 Å². The Hall–Kier alpha value is -3.69. The summed E-state index contributed by atoms with van der Waals surface area (Å²) in [6.45, 7) is 1.95. The highest BCUT2D eigenvalue weighted by Gasteiger charge is 2.46. The third-order valence-corrected chi connectivity index (χ3v) is 4.81. The van der Waals surface area contributed by atoms with Crippen molar-refractivity contribution in [3.05, 3.63) is 42.2 Å². The minimum Gasteiger partial charge on any atom is -0.489 e. The fourth-order valence-electron chi connectivity index (χ4n) is 3.41. The number of ether oxygens (including phenoxy) is 2. The van der Waals surface area contributed by atoms with Gasteiger partial charge in [-0.3, -0.25) is 19.2 Å². The Morgan fingerprint density at radius 3 is 2.64 bits per heavy atom. The van der Waals surface area contributed by atoms with Crippen molar-refractivity contribution in [1.29, 1.82) is 5.26 Å². The maximum absolute atomic E-state index is 12.4. The van der Waals surface area contributed by atoms with E-state index in [0.29, 0.717) is 23.4 Å². The van der Waals surface area contributed by atoms with E-state index in [9.17, 15) is 18.0 Å². The van der Waals surface area contributed by atoms with Crippen LogP contribution in [-0.2, 0) is 26.1 Å². The first-order valence-corrected chi connectivity index (χ1v) is 11.7. The Labute approximate surface area is 190 Å². The molecule has 1 saturated heterocycles. The Balaban J connectivity index is 0.000000555. The van der Waals surface area contributed by atoms with Crippen LogP contribution in [0.3, 0.4) is 0 Å². The lowest BCUT2D eigenvalue weighted by Crippen LogP contribution is -2.47. The zero-order chi connectivity index (χ0) is 24.2. The van der Waals surface area contributed by atoms with Crippen LogP contribution >= 0.6 is 0 Å². The molecule has 33 heavy (non-hydrogen) atoms. The van der Waals surface area contributed by atoms with E-state index in [1.54, 1.807) is 11.1 Å². The fraction of sp³-hybridized carbons (Fsp3) is 0.333. The Bertz CT molecular complexity index is 1180. The van der Waals surface area contributed by atoms with Gasteiger partial charge in [0, 0.05) is 18.7 Å². The topological polar surface area (TPSA) is 159 Å². The van der Waals surface area contributed by atoms with Gasteiger partial charge in [0.25, 0.3) is 10.1 Å². The van der Waals surface area contributed by atoms with Crippen LogP contribution in [0.15, 0.2) is 36.5 Å². The Morgan fingerprint density at radius 1 is 1.33 bits per heavy atom. The van der Waals surface area contributed by atoms with Gasteiger partial charge in [-0.05, 0) is 23.8 Å². The molecule has 1 aromatic heterocycles. The number of cyclic esters (lactones) is 1. The lowest BCUT2D eigenvalue weighted by Gasteiger charge is -2.31. The predicted molar refractivity (Wildman–Crippen MR) is 117 cm³/mol. The summed E-state index contributed by atoms with van der Waals surface area (Å²) in [7, 11) is -3.67. The van der Waals surface area contributed by atoms with E-state index in [4.69, 9.17) is 19.3 Å². The summed E-state index contributed by atoms with van der Waals surface area (Å²) in [4.78, 5) is 29.4. The molecule has 1 fully saturated rings. The summed E-state index contributed by atoms with van der Waals surface area (Å²) < 4.78 is 37.2. The van der Waals surface area contributed by atoms with E-state index < -0.39 is 22.3 Å². The number of nitrogens with zero attached hydrogens (tertiary/aromatic N) is 3. The lowest BCUT2D eigenvalue weighted by molar-refractivity contribution is -0.119. The standard InChI is InChI=1S/C20H18N4O4.CH4O3S/c1-12(25)22-10-19-17-11-27-18-8-13(3-5-16(18)24(17)20(26)28-19)14-2-4-15(6-7-21)23-9-14;1-5(2,3)4/h2-5,8-9,17,19H,6,10-11H2,1H3,(H,22,25);1H3,(H,2,3,4)/t17-,19-;/m0./s1. The van der Waals surface area contributed by atoms with Crippen LogP contribution in [0.5, 0.6) is 5.75 Å². The maximum Gasteiger partial charge on any atom is 0.415 e. The second-order valence-corrected chi connectivity index (χ2v) is 8.86. The number of aromatic nitrogens is 1. The third kappa shape index (κ3) is 6.18. The average molecular weight is 474 g/mol. The first-order chi connectivity index (χ1) is 15.6. The number of benzene rings is 1. The molecular weight excluding hydrogens is 452 g/mol. The molecule has 0 spiro atoms. The van der Waals surface area contributed by atoms with Crippen LogP contribution in [0.2, 0.25) is 0 Å². The summed E-state index contributed by atoms with van der Waals surface area (Å²) in [5.74, 6) is 0.414. The summed E-state index contributed by atoms with van der Waals surface area (Å²) in [5, 5.41) is 11.4. The van der Waals surface area contributed by atoms with Crippen LogP contribution in [-0.4, -0.2) is 61.5 Å². The smallest absolute Gasteiger partial charge is 0.415 e. The molecule has 0 radical (unpaired) electrons. The third-order valence-electron chi connectivity index (χ3n) is 4.81. The fourth-order valence-corrected chi connectivity index (χ4v) is 3.41. The average Bonchev–Trinajstić information content (AvgIpc) is 3.07. The van der Waals surface area contributed by atoms with Crippen molar-refractivity contribution in [2.24, 2.45) is 0 Å². The van der Waals surface area contributed by atoms with Crippen LogP contribution in [0, 0.1) is 11.3 Å². The number of amides is 2. The number of carbonyl (C=O) groups excluding carboxylic acids is 2. The number of pyridine rings is 1. The minimum atomic E-state index is -3.67. The van der Waals surface area contributed by atoms with E-state index in [0.717, 1.165) is 11.1 Å². The van der Waals surface area contributed by atoms with E-state index in [2.05, 4.69) is 16.4 Å². The number of hydrogen-bond donors (Lipinski definition) is 2. The Morgan fingerprint density at radius 2 is 2.03 bits per heavy atom. The number of carbonyl (C=O) groups is 2. The molecule has 3 heterocycles. The number of nitrogens with one attached hydrogen (secondary N) is 1. The Kier molecular flexibility index (Phi) is 7.15. The van der Waals surface area contributed by atoms with Gasteiger partial charge in [-0.25, -0.2) is 4.79 Å². The van der Waals surface area contributed by atoms with E-state index in [1.807, 2.05) is 30.3 Å². The lowest BCUT2D eigenvalue weighted by atomic mass is 10.0. The predicted octanol–water partition coefficient (Wildman–Crippen LogP) is 1.54. The zero-order valence-corrected chi connectivity index (χ0v) is 18.7. The number of rotatable bonds is 4. The van der Waals surface area contributed by atoms with Crippen LogP contribution in [0.25, 0.3) is 11.1 Å². The van der Waals surface area contributed by atoms with E-state index in [-0.39, 0.29) is 31.5 Å². The molecule has 12 heteroatoms. The highest BCUT2D eigenvalue weighted by molar-refractivity contribution is 7.85. The van der Waals surface area contributed by atoms with E-state index >= 15 is 0 Å². The molecule has 174 valence electrons. The van der Waals surface area contributed by atoms with Gasteiger partial charge < -0.3 is 14.8 Å². The maximum atomic E-state index is 12.4. The highest BCUT2D eigenvalue weighted by Crippen LogP contribution is 2.40. The van der Waals surface area contributed by atoms with Crippen LogP contribution in [0.4, 0.5) is 10.5 Å². The molecule has 2 N–H and O–H groups in total. The molecule has 0 saturated carbocycles. The molecule has 11 nitrogen and oxygen atoms in total. The molecule has 0 bridgehead atoms. The van der Waals surface area contributed by atoms with Gasteiger partial charge in [0.05, 0.1) is 36.7 Å². The first-order valence-electron chi connectivity index (χ1n) is 9.82. The van der Waals surface area contributed by atoms with Crippen molar-refractivity contribution in [2.75, 3.05) is 24.3 Å². The quantitative estimate of drug-likeness (QED) is 0.627. The van der Waals surface area contributed by atoms with Gasteiger partial charge in [-0.1, -0.05) is 12.1 Å². The molecule has 2 amide bonds. The molecule has 1 aromatic carbocycles. The molecular formula is C21H22N4O7S. The number of fused-ring (bicyclic) bond motifs is 3. The molecule has 0 aliphatic carbocycles. The summed E-state index contributed by atoms with van der Waals surface area (Å²) >= 11 is 0. The van der Waals surface area contributed by atoms with Gasteiger partial charge in [0.15, 0.2) is 0 Å². The zero-order valence-electron chi connectivity index (χ0n) is 17.9. The molecule has 2 atom stereocenters. The first kappa shape index (κ1) is 24.0. The SMILES string of the molecule is CC(=O)NC[C@@H]1OC(=O)N2c3ccc(-c4ccc(CC#N)nc4)cc3OC[C@@H]12.CS(=O)(=O)O. The number of anilines is 1. The molecule has 2 aliphatic rings. The van der Waals surface area contributed by atoms with E-state index in [1.165, 1.54) is 6.92 Å². The van der Waals surface area contributed by atoms with Gasteiger partial charge in [0.2, 0.25) is 5.91 Å². The molecule has 2 aromatic rings. The van der Waals surface area contributed by atoms with Gasteiger partial charge in [0.1, 0.15) is 24.5 Å². The van der Waals surface area contributed by atoms with Gasteiger partial charge in [-0.15, -0.1) is 0 Å². The summed E-state index contributed by atoms with van der Waals surface area (Å²) in [6, 6.07) is 11.1. The van der Waals surface area contributed by atoms with Crippen molar-refractivity contribution in [1.82, 2.24) is 10.3 Å². The van der Waals surface area contributed by atoms with Crippen molar-refractivity contribution >= 4 is 27.8 Å². The normalized spacial score (nSPS) is 18.5. The number of hydrogen-bond acceptors (Lipinski definition) is 8. The highest BCUT2D eigenvalue weighted by atomic mass is 32.2. The second-order valence-electron chi connectivity index (χ2n) is 7.40. The monoisotopic (exact) mass is 474 g/mol. The largest absolute Gasteiger partial charge is 0.489 e. The summed E-state index contributed by atoms with van der Waals surface area (Å²) in [6.07, 6.45) is 1.80. The van der Waals surface area contributed by atoms with Crippen molar-refractivity contribution in [3.8, 4) is 22.9 Å².